The third-order valence-electron chi connectivity index (χ3n) is 2.53. The minimum absolute atomic E-state index is 0.150. The molecular formula is C14H11ClF3NO2. The van der Waals surface area contributed by atoms with Crippen LogP contribution < -0.4 is 15.2 Å². The minimum atomic E-state index is -4.70. The summed E-state index contributed by atoms with van der Waals surface area (Å²) in [6.45, 7) is 0.150. The maximum Gasteiger partial charge on any atom is 0.573 e. The number of nitrogens with two attached hydrogens (primary N) is 1. The third-order valence-corrected chi connectivity index (χ3v) is 2.76. The SMILES string of the molecule is Nc1ccc(Cl)cc1OCc1ccc(OC(F)(F)F)cc1. The number of alkyl halides is 3. The molecule has 0 radical (unpaired) electrons. The molecule has 0 aliphatic rings. The Labute approximate surface area is 124 Å². The predicted octanol–water partition coefficient (Wildman–Crippen LogP) is 4.40. The topological polar surface area (TPSA) is 44.5 Å². The molecule has 7 heteroatoms. The van der Waals surface area contributed by atoms with Crippen LogP contribution in [0.5, 0.6) is 11.5 Å². The van der Waals surface area contributed by atoms with Crippen molar-refractivity contribution in [2.45, 2.75) is 13.0 Å². The third kappa shape index (κ3) is 4.75. The van der Waals surface area contributed by atoms with E-state index < -0.39 is 6.36 Å². The fourth-order valence-corrected chi connectivity index (χ4v) is 1.74. The molecule has 0 aliphatic carbocycles. The standard InChI is InChI=1S/C14H11ClF3NO2/c15-10-3-6-12(19)13(7-10)20-8-9-1-4-11(5-2-9)21-14(16,17)18/h1-7H,8,19H2. The predicted molar refractivity (Wildman–Crippen MR) is 73.3 cm³/mol. The maximum absolute atomic E-state index is 12.0. The second kappa shape index (κ2) is 6.13. The summed E-state index contributed by atoms with van der Waals surface area (Å²) in [6, 6.07) is 10.2. The highest BCUT2D eigenvalue weighted by molar-refractivity contribution is 6.30. The van der Waals surface area contributed by atoms with Gasteiger partial charge < -0.3 is 15.2 Å². The lowest BCUT2D eigenvalue weighted by Crippen LogP contribution is -2.17. The zero-order chi connectivity index (χ0) is 15.5. The molecule has 0 amide bonds. The van der Waals surface area contributed by atoms with Gasteiger partial charge in [0.25, 0.3) is 0 Å². The second-order valence-electron chi connectivity index (χ2n) is 4.16. The summed E-state index contributed by atoms with van der Waals surface area (Å²) >= 11 is 5.82. The van der Waals surface area contributed by atoms with Crippen LogP contribution in [-0.2, 0) is 6.61 Å². The van der Waals surface area contributed by atoms with Gasteiger partial charge in [-0.1, -0.05) is 23.7 Å². The van der Waals surface area contributed by atoms with Crippen LogP contribution in [0.2, 0.25) is 5.02 Å². The van der Waals surface area contributed by atoms with Crippen molar-refractivity contribution in [1.82, 2.24) is 0 Å². The monoisotopic (exact) mass is 317 g/mol. The Balaban J connectivity index is 1.99. The second-order valence-corrected chi connectivity index (χ2v) is 4.60. The minimum Gasteiger partial charge on any atom is -0.487 e. The molecular weight excluding hydrogens is 307 g/mol. The van der Waals surface area contributed by atoms with E-state index in [4.69, 9.17) is 22.1 Å². The Morgan fingerprint density at radius 3 is 2.33 bits per heavy atom. The van der Waals surface area contributed by atoms with Gasteiger partial charge in [-0.2, -0.15) is 0 Å². The molecule has 2 rings (SSSR count). The summed E-state index contributed by atoms with van der Waals surface area (Å²) in [5, 5.41) is 0.480. The van der Waals surface area contributed by atoms with E-state index in [1.165, 1.54) is 24.3 Å². The molecule has 0 fully saturated rings. The van der Waals surface area contributed by atoms with Gasteiger partial charge in [0.15, 0.2) is 0 Å². The molecule has 0 atom stereocenters. The van der Waals surface area contributed by atoms with E-state index in [0.717, 1.165) is 0 Å². The van der Waals surface area contributed by atoms with Crippen molar-refractivity contribution in [3.05, 3.63) is 53.1 Å². The quantitative estimate of drug-likeness (QED) is 0.850. The number of hydrogen-bond donors (Lipinski definition) is 1. The fraction of sp³-hybridized carbons (Fsp3) is 0.143. The van der Waals surface area contributed by atoms with E-state index in [1.54, 1.807) is 18.2 Å². The average Bonchev–Trinajstić information content (AvgIpc) is 2.40. The summed E-state index contributed by atoms with van der Waals surface area (Å²) in [7, 11) is 0. The molecule has 0 heterocycles. The number of halogens is 4. The van der Waals surface area contributed by atoms with Crippen molar-refractivity contribution in [2.75, 3.05) is 5.73 Å². The first-order chi connectivity index (χ1) is 9.83. The van der Waals surface area contributed by atoms with Gasteiger partial charge in [0.1, 0.15) is 18.1 Å². The smallest absolute Gasteiger partial charge is 0.487 e. The van der Waals surface area contributed by atoms with Gasteiger partial charge in [-0.25, -0.2) is 0 Å². The van der Waals surface area contributed by atoms with E-state index in [-0.39, 0.29) is 12.4 Å². The van der Waals surface area contributed by atoms with Gasteiger partial charge in [-0.3, -0.25) is 0 Å². The maximum atomic E-state index is 12.0. The summed E-state index contributed by atoms with van der Waals surface area (Å²) < 4.78 is 45.3. The molecule has 0 saturated heterocycles. The Bertz CT molecular complexity index is 615. The molecule has 3 nitrogen and oxygen atoms in total. The number of ether oxygens (including phenoxy) is 2. The molecule has 21 heavy (non-hydrogen) atoms. The first-order valence-corrected chi connectivity index (χ1v) is 6.24. The molecule has 0 aliphatic heterocycles. The van der Waals surface area contributed by atoms with Gasteiger partial charge >= 0.3 is 6.36 Å². The van der Waals surface area contributed by atoms with Crippen LogP contribution in [0.15, 0.2) is 42.5 Å². The molecule has 2 aromatic rings. The lowest BCUT2D eigenvalue weighted by molar-refractivity contribution is -0.274. The Morgan fingerprint density at radius 1 is 1.05 bits per heavy atom. The largest absolute Gasteiger partial charge is 0.573 e. The van der Waals surface area contributed by atoms with E-state index in [2.05, 4.69) is 4.74 Å². The summed E-state index contributed by atoms with van der Waals surface area (Å²) in [6.07, 6.45) is -4.70. The van der Waals surface area contributed by atoms with E-state index in [9.17, 15) is 13.2 Å². The first-order valence-electron chi connectivity index (χ1n) is 5.86. The highest BCUT2D eigenvalue weighted by Gasteiger charge is 2.30. The number of anilines is 1. The molecule has 0 unspecified atom stereocenters. The Morgan fingerprint density at radius 2 is 1.71 bits per heavy atom. The lowest BCUT2D eigenvalue weighted by atomic mass is 10.2. The Hall–Kier alpha value is -2.08. The Kier molecular flexibility index (Phi) is 4.47. The van der Waals surface area contributed by atoms with E-state index in [0.29, 0.717) is 22.0 Å². The number of benzene rings is 2. The van der Waals surface area contributed by atoms with Crippen LogP contribution in [0.25, 0.3) is 0 Å². The molecule has 2 aromatic carbocycles. The van der Waals surface area contributed by atoms with Crippen molar-refractivity contribution in [2.24, 2.45) is 0 Å². The first kappa shape index (κ1) is 15.3. The highest BCUT2D eigenvalue weighted by atomic mass is 35.5. The molecule has 0 aromatic heterocycles. The average molecular weight is 318 g/mol. The van der Waals surface area contributed by atoms with Crippen molar-refractivity contribution in [1.29, 1.82) is 0 Å². The van der Waals surface area contributed by atoms with Crippen LogP contribution in [0.4, 0.5) is 18.9 Å². The van der Waals surface area contributed by atoms with Gasteiger partial charge in [0.05, 0.1) is 5.69 Å². The molecule has 0 spiro atoms. The van der Waals surface area contributed by atoms with E-state index >= 15 is 0 Å². The van der Waals surface area contributed by atoms with Crippen LogP contribution in [-0.4, -0.2) is 6.36 Å². The van der Waals surface area contributed by atoms with Crippen molar-refractivity contribution >= 4 is 17.3 Å². The normalized spacial score (nSPS) is 11.2. The molecule has 0 bridgehead atoms. The number of hydrogen-bond acceptors (Lipinski definition) is 3. The zero-order valence-electron chi connectivity index (χ0n) is 10.7. The van der Waals surface area contributed by atoms with Crippen molar-refractivity contribution in [3.8, 4) is 11.5 Å². The number of nitrogen functional groups attached to an aromatic ring is 1. The van der Waals surface area contributed by atoms with Gasteiger partial charge in [0.2, 0.25) is 0 Å². The lowest BCUT2D eigenvalue weighted by Gasteiger charge is -2.11. The van der Waals surface area contributed by atoms with Crippen LogP contribution in [0, 0.1) is 0 Å². The summed E-state index contributed by atoms with van der Waals surface area (Å²) in [5.41, 5.74) is 6.82. The number of rotatable bonds is 4. The van der Waals surface area contributed by atoms with Crippen LogP contribution in [0.1, 0.15) is 5.56 Å². The highest BCUT2D eigenvalue weighted by Crippen LogP contribution is 2.27. The summed E-state index contributed by atoms with van der Waals surface area (Å²) in [5.74, 6) is 0.131. The van der Waals surface area contributed by atoms with Crippen molar-refractivity contribution < 1.29 is 22.6 Å². The molecule has 0 saturated carbocycles. The van der Waals surface area contributed by atoms with Crippen molar-refractivity contribution in [3.63, 3.8) is 0 Å². The molecule has 112 valence electrons. The fourth-order valence-electron chi connectivity index (χ4n) is 1.58. The summed E-state index contributed by atoms with van der Waals surface area (Å²) in [4.78, 5) is 0. The van der Waals surface area contributed by atoms with Crippen LogP contribution >= 0.6 is 11.6 Å². The van der Waals surface area contributed by atoms with Gasteiger partial charge in [0, 0.05) is 11.1 Å². The zero-order valence-corrected chi connectivity index (χ0v) is 11.4. The van der Waals surface area contributed by atoms with Crippen LogP contribution in [0.3, 0.4) is 0 Å². The molecule has 2 N–H and O–H groups in total. The van der Waals surface area contributed by atoms with E-state index in [1.807, 2.05) is 0 Å². The van der Waals surface area contributed by atoms with Gasteiger partial charge in [-0.05, 0) is 29.8 Å². The van der Waals surface area contributed by atoms with Gasteiger partial charge in [-0.15, -0.1) is 13.2 Å².